The van der Waals surface area contributed by atoms with Crippen LogP contribution in [0.25, 0.3) is 0 Å². The maximum absolute atomic E-state index is 12.4. The number of rotatable bonds is 4. The van der Waals surface area contributed by atoms with Crippen LogP contribution in [0.15, 0.2) is 28.7 Å². The molecule has 0 heterocycles. The summed E-state index contributed by atoms with van der Waals surface area (Å²) in [6.07, 6.45) is -0.332. The van der Waals surface area contributed by atoms with Crippen molar-refractivity contribution in [1.82, 2.24) is 5.32 Å². The van der Waals surface area contributed by atoms with Gasteiger partial charge in [-0.25, -0.2) is 9.59 Å². The Bertz CT molecular complexity index is 587. The number of alkyl carbamates (subject to hydrolysis) is 1. The highest BCUT2D eigenvalue weighted by atomic mass is 79.9. The molecule has 0 saturated carbocycles. The quantitative estimate of drug-likeness (QED) is 0.769. The predicted molar refractivity (Wildman–Crippen MR) is 96.8 cm³/mol. The van der Waals surface area contributed by atoms with Crippen LogP contribution in [0.5, 0.6) is 0 Å². The smallest absolute Gasteiger partial charge is 0.408 e. The van der Waals surface area contributed by atoms with Gasteiger partial charge < -0.3 is 14.8 Å². The molecule has 1 aromatic carbocycles. The highest BCUT2D eigenvalue weighted by Crippen LogP contribution is 2.16. The Kier molecular flexibility index (Phi) is 6.84. The van der Waals surface area contributed by atoms with E-state index in [1.54, 1.807) is 41.5 Å². The zero-order chi connectivity index (χ0) is 18.5. The fourth-order valence-electron chi connectivity index (χ4n) is 1.92. The number of hydrogen-bond donors (Lipinski definition) is 1. The number of carbonyl (C=O) groups excluding carboxylic acids is 2. The second kappa shape index (κ2) is 8.01. The van der Waals surface area contributed by atoms with Crippen molar-refractivity contribution in [2.75, 3.05) is 0 Å². The first-order valence-corrected chi connectivity index (χ1v) is 8.62. The molecule has 1 N–H and O–H groups in total. The summed E-state index contributed by atoms with van der Waals surface area (Å²) in [6, 6.07) is 6.73. The third-order valence-corrected chi connectivity index (χ3v) is 3.20. The number of amides is 1. The topological polar surface area (TPSA) is 64.6 Å². The largest absolute Gasteiger partial charge is 0.458 e. The highest BCUT2D eigenvalue weighted by molar-refractivity contribution is 9.10. The SMILES string of the molecule is CC(C)(C)OC(=O)N[C@H](Cc1cccc(Br)c1)C(=O)OC(C)(C)C. The van der Waals surface area contributed by atoms with Crippen molar-refractivity contribution in [3.8, 4) is 0 Å². The van der Waals surface area contributed by atoms with Crippen molar-refractivity contribution in [3.63, 3.8) is 0 Å². The number of carbonyl (C=O) groups is 2. The van der Waals surface area contributed by atoms with Crippen LogP contribution in [0.4, 0.5) is 4.79 Å². The van der Waals surface area contributed by atoms with E-state index >= 15 is 0 Å². The van der Waals surface area contributed by atoms with E-state index in [2.05, 4.69) is 21.2 Å². The highest BCUT2D eigenvalue weighted by Gasteiger charge is 2.28. The lowest BCUT2D eigenvalue weighted by Crippen LogP contribution is -2.47. The average molecular weight is 400 g/mol. The molecule has 0 aliphatic heterocycles. The lowest BCUT2D eigenvalue weighted by atomic mass is 10.1. The predicted octanol–water partition coefficient (Wildman–Crippen LogP) is 4.23. The van der Waals surface area contributed by atoms with E-state index in [1.807, 2.05) is 24.3 Å². The molecule has 0 fully saturated rings. The van der Waals surface area contributed by atoms with Gasteiger partial charge in [0.1, 0.15) is 17.2 Å². The number of nitrogens with one attached hydrogen (secondary N) is 1. The second-order valence-electron chi connectivity index (χ2n) is 7.57. The number of benzene rings is 1. The third-order valence-electron chi connectivity index (χ3n) is 2.71. The van der Waals surface area contributed by atoms with Crippen molar-refractivity contribution in [1.29, 1.82) is 0 Å². The Morgan fingerprint density at radius 3 is 2.17 bits per heavy atom. The van der Waals surface area contributed by atoms with E-state index in [-0.39, 0.29) is 0 Å². The molecule has 0 unspecified atom stereocenters. The molecule has 1 atom stereocenters. The van der Waals surface area contributed by atoms with Crippen LogP contribution < -0.4 is 5.32 Å². The first-order chi connectivity index (χ1) is 10.9. The van der Waals surface area contributed by atoms with Crippen LogP contribution in [0.3, 0.4) is 0 Å². The molecule has 134 valence electrons. The van der Waals surface area contributed by atoms with E-state index in [1.165, 1.54) is 0 Å². The van der Waals surface area contributed by atoms with E-state index in [0.717, 1.165) is 10.0 Å². The third kappa shape index (κ3) is 8.34. The van der Waals surface area contributed by atoms with Crippen LogP contribution in [-0.4, -0.2) is 29.3 Å². The van der Waals surface area contributed by atoms with Crippen molar-refractivity contribution in [2.24, 2.45) is 0 Å². The Hall–Kier alpha value is -1.56. The van der Waals surface area contributed by atoms with Crippen molar-refractivity contribution in [3.05, 3.63) is 34.3 Å². The van der Waals surface area contributed by atoms with Gasteiger partial charge in [0.2, 0.25) is 0 Å². The molecule has 0 aliphatic carbocycles. The summed E-state index contributed by atoms with van der Waals surface area (Å²) in [7, 11) is 0. The lowest BCUT2D eigenvalue weighted by Gasteiger charge is -2.26. The second-order valence-corrected chi connectivity index (χ2v) is 8.48. The zero-order valence-electron chi connectivity index (χ0n) is 15.1. The van der Waals surface area contributed by atoms with Crippen LogP contribution in [0.1, 0.15) is 47.1 Å². The molecule has 0 aliphatic rings. The standard InChI is InChI=1S/C18H26BrNO4/c1-17(2,3)23-15(21)14(20-16(22)24-18(4,5)6)11-12-8-7-9-13(19)10-12/h7-10,14H,11H2,1-6H3,(H,20,22)/t14-/m1/s1. The fraction of sp³-hybridized carbons (Fsp3) is 0.556. The summed E-state index contributed by atoms with van der Waals surface area (Å²) < 4.78 is 11.6. The van der Waals surface area contributed by atoms with Gasteiger partial charge in [0, 0.05) is 10.9 Å². The van der Waals surface area contributed by atoms with Gasteiger partial charge in [-0.2, -0.15) is 0 Å². The van der Waals surface area contributed by atoms with Crippen LogP contribution in [0.2, 0.25) is 0 Å². The molecular weight excluding hydrogens is 374 g/mol. The first-order valence-electron chi connectivity index (χ1n) is 7.82. The van der Waals surface area contributed by atoms with Gasteiger partial charge in [-0.1, -0.05) is 28.1 Å². The lowest BCUT2D eigenvalue weighted by molar-refractivity contribution is -0.157. The number of halogens is 1. The molecule has 0 spiro atoms. The Morgan fingerprint density at radius 2 is 1.67 bits per heavy atom. The first kappa shape index (κ1) is 20.5. The minimum atomic E-state index is -0.826. The minimum absolute atomic E-state index is 0.313. The van der Waals surface area contributed by atoms with Gasteiger partial charge >= 0.3 is 12.1 Å². The molecule has 6 heteroatoms. The van der Waals surface area contributed by atoms with Crippen molar-refractivity contribution in [2.45, 2.75) is 65.2 Å². The molecular formula is C18H26BrNO4. The molecule has 1 aromatic rings. The van der Waals surface area contributed by atoms with Gasteiger partial charge in [-0.3, -0.25) is 0 Å². The Labute approximate surface area is 152 Å². The summed E-state index contributed by atoms with van der Waals surface area (Å²) in [4.78, 5) is 24.5. The normalized spacial score (nSPS) is 13.1. The van der Waals surface area contributed by atoms with Crippen molar-refractivity contribution >= 4 is 28.0 Å². The van der Waals surface area contributed by atoms with Crippen LogP contribution in [0, 0.1) is 0 Å². The van der Waals surface area contributed by atoms with Crippen LogP contribution >= 0.6 is 15.9 Å². The van der Waals surface area contributed by atoms with E-state index in [0.29, 0.717) is 6.42 Å². The fourth-order valence-corrected chi connectivity index (χ4v) is 2.36. The Balaban J connectivity index is 2.90. The zero-order valence-corrected chi connectivity index (χ0v) is 16.7. The molecule has 1 amide bonds. The van der Waals surface area contributed by atoms with Gasteiger partial charge in [-0.15, -0.1) is 0 Å². The van der Waals surface area contributed by atoms with Crippen molar-refractivity contribution < 1.29 is 19.1 Å². The molecule has 0 radical (unpaired) electrons. The van der Waals surface area contributed by atoms with E-state index in [4.69, 9.17) is 9.47 Å². The molecule has 0 aromatic heterocycles. The summed E-state index contributed by atoms with van der Waals surface area (Å²) in [6.45, 7) is 10.7. The minimum Gasteiger partial charge on any atom is -0.458 e. The van der Waals surface area contributed by atoms with E-state index in [9.17, 15) is 9.59 Å². The van der Waals surface area contributed by atoms with Gasteiger partial charge in [-0.05, 0) is 59.2 Å². The van der Waals surface area contributed by atoms with Gasteiger partial charge in [0.05, 0.1) is 0 Å². The molecule has 5 nitrogen and oxygen atoms in total. The van der Waals surface area contributed by atoms with E-state index < -0.39 is 29.3 Å². The van der Waals surface area contributed by atoms with Crippen LogP contribution in [-0.2, 0) is 20.7 Å². The monoisotopic (exact) mass is 399 g/mol. The van der Waals surface area contributed by atoms with Gasteiger partial charge in [0.15, 0.2) is 0 Å². The number of hydrogen-bond acceptors (Lipinski definition) is 4. The molecule has 1 rings (SSSR count). The number of esters is 1. The summed E-state index contributed by atoms with van der Waals surface area (Å²) in [5, 5.41) is 2.61. The number of ether oxygens (including phenoxy) is 2. The molecule has 0 saturated heterocycles. The summed E-state index contributed by atoms with van der Waals surface area (Å²) >= 11 is 3.40. The maximum atomic E-state index is 12.4. The Morgan fingerprint density at radius 1 is 1.08 bits per heavy atom. The summed E-state index contributed by atoms with van der Waals surface area (Å²) in [5.41, 5.74) is -0.378. The maximum Gasteiger partial charge on any atom is 0.408 e. The molecule has 0 bridgehead atoms. The molecule has 24 heavy (non-hydrogen) atoms. The van der Waals surface area contributed by atoms with Gasteiger partial charge in [0.25, 0.3) is 0 Å². The summed E-state index contributed by atoms with van der Waals surface area (Å²) in [5.74, 6) is -0.492. The average Bonchev–Trinajstić information content (AvgIpc) is 2.33.